The van der Waals surface area contributed by atoms with Gasteiger partial charge in [-0.25, -0.2) is 4.79 Å². The minimum absolute atomic E-state index is 0.0260. The number of anilines is 1. The van der Waals surface area contributed by atoms with Crippen molar-refractivity contribution in [3.8, 4) is 0 Å². The van der Waals surface area contributed by atoms with Gasteiger partial charge in [0.2, 0.25) is 5.91 Å². The second kappa shape index (κ2) is 12.4. The monoisotopic (exact) mass is 451 g/mol. The Morgan fingerprint density at radius 1 is 0.848 bits per heavy atom. The Kier molecular flexibility index (Phi) is 9.95. The topological polar surface area (TPSA) is 61.4 Å². The van der Waals surface area contributed by atoms with Gasteiger partial charge in [0, 0.05) is 24.7 Å². The Labute approximate surface area is 200 Å². The van der Waals surface area contributed by atoms with Gasteiger partial charge in [0.25, 0.3) is 0 Å². The first-order valence-corrected chi connectivity index (χ1v) is 12.2. The summed E-state index contributed by atoms with van der Waals surface area (Å²) in [5, 5.41) is 6.25. The maximum Gasteiger partial charge on any atom is 0.322 e. The highest BCUT2D eigenvalue weighted by molar-refractivity contribution is 5.92. The van der Waals surface area contributed by atoms with Crippen molar-refractivity contribution >= 4 is 17.6 Å². The van der Waals surface area contributed by atoms with Crippen molar-refractivity contribution < 1.29 is 9.59 Å². The van der Waals surface area contributed by atoms with Gasteiger partial charge in [-0.2, -0.15) is 0 Å². The lowest BCUT2D eigenvalue weighted by Gasteiger charge is -2.30. The molecule has 2 unspecified atom stereocenters. The fourth-order valence-corrected chi connectivity index (χ4v) is 3.98. The number of benzene rings is 2. The zero-order chi connectivity index (χ0) is 24.5. The van der Waals surface area contributed by atoms with E-state index >= 15 is 0 Å². The molecule has 0 aliphatic carbocycles. The predicted octanol–water partition coefficient (Wildman–Crippen LogP) is 6.83. The maximum absolute atomic E-state index is 13.4. The zero-order valence-corrected chi connectivity index (χ0v) is 21.3. The zero-order valence-electron chi connectivity index (χ0n) is 21.3. The van der Waals surface area contributed by atoms with Crippen molar-refractivity contribution in [3.63, 3.8) is 0 Å². The lowest BCUT2D eigenvalue weighted by Crippen LogP contribution is -2.43. The first kappa shape index (κ1) is 26.4. The highest BCUT2D eigenvalue weighted by atomic mass is 16.2. The summed E-state index contributed by atoms with van der Waals surface area (Å²) in [6.45, 7) is 15.0. The summed E-state index contributed by atoms with van der Waals surface area (Å²) in [5.74, 6) is 0.528. The van der Waals surface area contributed by atoms with Gasteiger partial charge in [0.15, 0.2) is 0 Å². The van der Waals surface area contributed by atoms with Crippen LogP contribution in [0.1, 0.15) is 95.9 Å². The van der Waals surface area contributed by atoms with Crippen molar-refractivity contribution in [3.05, 3.63) is 65.2 Å². The highest BCUT2D eigenvalue weighted by Gasteiger charge is 2.23. The van der Waals surface area contributed by atoms with E-state index in [0.29, 0.717) is 18.4 Å². The number of carbonyl (C=O) groups is 2. The molecule has 2 aromatic rings. The molecule has 5 nitrogen and oxygen atoms in total. The number of hydrogen-bond donors (Lipinski definition) is 2. The molecule has 5 heteroatoms. The molecule has 2 aromatic carbocycles. The fraction of sp³-hybridized carbons (Fsp3) is 0.500. The van der Waals surface area contributed by atoms with Crippen LogP contribution in [-0.2, 0) is 4.79 Å². The van der Waals surface area contributed by atoms with Crippen LogP contribution >= 0.6 is 0 Å². The molecule has 0 saturated heterocycles. The van der Waals surface area contributed by atoms with Gasteiger partial charge in [0.05, 0.1) is 6.04 Å². The van der Waals surface area contributed by atoms with Crippen LogP contribution < -0.4 is 10.6 Å². The van der Waals surface area contributed by atoms with Gasteiger partial charge in [-0.05, 0) is 48.8 Å². The maximum atomic E-state index is 13.4. The Bertz CT molecular complexity index is 882. The van der Waals surface area contributed by atoms with Gasteiger partial charge in [-0.3, -0.25) is 4.79 Å². The first-order valence-electron chi connectivity index (χ1n) is 12.2. The van der Waals surface area contributed by atoms with Gasteiger partial charge < -0.3 is 15.5 Å². The number of amides is 3. The van der Waals surface area contributed by atoms with Crippen molar-refractivity contribution in [2.24, 2.45) is 0 Å². The Morgan fingerprint density at radius 2 is 1.42 bits per heavy atom. The number of hydrogen-bond acceptors (Lipinski definition) is 2. The Morgan fingerprint density at radius 3 is 1.94 bits per heavy atom. The van der Waals surface area contributed by atoms with Crippen molar-refractivity contribution in [1.82, 2.24) is 10.2 Å². The van der Waals surface area contributed by atoms with Crippen LogP contribution in [0.2, 0.25) is 0 Å². The van der Waals surface area contributed by atoms with E-state index in [4.69, 9.17) is 0 Å². The van der Waals surface area contributed by atoms with Crippen LogP contribution in [-0.4, -0.2) is 29.4 Å². The van der Waals surface area contributed by atoms with Crippen LogP contribution in [0.3, 0.4) is 0 Å². The average Bonchev–Trinajstić information content (AvgIpc) is 2.79. The minimum Gasteiger partial charge on any atom is -0.350 e. The summed E-state index contributed by atoms with van der Waals surface area (Å²) in [6.07, 6.45) is 1.08. The first-order chi connectivity index (χ1) is 15.6. The van der Waals surface area contributed by atoms with Crippen LogP contribution in [0.5, 0.6) is 0 Å². The van der Waals surface area contributed by atoms with Gasteiger partial charge in [0.1, 0.15) is 0 Å². The van der Waals surface area contributed by atoms with E-state index in [1.165, 1.54) is 0 Å². The van der Waals surface area contributed by atoms with Crippen molar-refractivity contribution in [2.45, 2.75) is 85.2 Å². The number of urea groups is 1. The Hall–Kier alpha value is -2.82. The van der Waals surface area contributed by atoms with E-state index in [2.05, 4.69) is 63.5 Å². The van der Waals surface area contributed by atoms with Crippen molar-refractivity contribution in [1.29, 1.82) is 0 Å². The molecule has 0 radical (unpaired) electrons. The molecule has 0 aliphatic heterocycles. The van der Waals surface area contributed by atoms with E-state index in [1.807, 2.05) is 44.2 Å². The summed E-state index contributed by atoms with van der Waals surface area (Å²) in [5.41, 5.74) is 4.23. The SMILES string of the molecule is CCC(C)N(CCC(=O)NC(C)c1ccccc1)C(=O)Nc1c(C(C)C)cccc1C(C)C. The largest absolute Gasteiger partial charge is 0.350 e. The van der Waals surface area contributed by atoms with Crippen LogP contribution in [0.4, 0.5) is 10.5 Å². The molecule has 2 atom stereocenters. The van der Waals surface area contributed by atoms with Gasteiger partial charge in [-0.1, -0.05) is 83.1 Å². The summed E-state index contributed by atoms with van der Waals surface area (Å²) in [4.78, 5) is 27.8. The molecule has 3 amide bonds. The number of nitrogens with one attached hydrogen (secondary N) is 2. The third-order valence-electron chi connectivity index (χ3n) is 6.25. The normalized spacial score (nSPS) is 13.0. The average molecular weight is 452 g/mol. The van der Waals surface area contributed by atoms with Gasteiger partial charge in [-0.15, -0.1) is 0 Å². The van der Waals surface area contributed by atoms with Crippen molar-refractivity contribution in [2.75, 3.05) is 11.9 Å². The molecular formula is C28H41N3O2. The van der Waals surface area contributed by atoms with E-state index in [9.17, 15) is 9.59 Å². The van der Waals surface area contributed by atoms with E-state index < -0.39 is 0 Å². The lowest BCUT2D eigenvalue weighted by molar-refractivity contribution is -0.122. The lowest BCUT2D eigenvalue weighted by atomic mass is 9.92. The van der Waals surface area contributed by atoms with Crippen LogP contribution in [0.25, 0.3) is 0 Å². The fourth-order valence-electron chi connectivity index (χ4n) is 3.98. The van der Waals surface area contributed by atoms with Crippen LogP contribution in [0.15, 0.2) is 48.5 Å². The summed E-state index contributed by atoms with van der Waals surface area (Å²) in [6, 6.07) is 15.9. The number of nitrogens with zero attached hydrogens (tertiary/aromatic N) is 1. The predicted molar refractivity (Wildman–Crippen MR) is 138 cm³/mol. The molecule has 33 heavy (non-hydrogen) atoms. The molecule has 0 bridgehead atoms. The summed E-state index contributed by atoms with van der Waals surface area (Å²) < 4.78 is 0. The third-order valence-corrected chi connectivity index (χ3v) is 6.25. The number of para-hydroxylation sites is 1. The molecule has 2 N–H and O–H groups in total. The standard InChI is InChI=1S/C28H41N3O2/c1-8-21(6)31(18-17-26(32)29-22(7)23-13-10-9-11-14-23)28(33)30-27-24(19(2)3)15-12-16-25(27)20(4)5/h9-16,19-22H,8,17-18H2,1-7H3,(H,29,32)(H,30,33). The van der Waals surface area contributed by atoms with Gasteiger partial charge >= 0.3 is 6.03 Å². The Balaban J connectivity index is 2.13. The third kappa shape index (κ3) is 7.34. The second-order valence-electron chi connectivity index (χ2n) is 9.45. The quantitative estimate of drug-likeness (QED) is 0.416. The smallest absolute Gasteiger partial charge is 0.322 e. The number of rotatable bonds is 10. The number of carbonyl (C=O) groups excluding carboxylic acids is 2. The molecule has 0 heterocycles. The molecule has 0 aromatic heterocycles. The summed E-state index contributed by atoms with van der Waals surface area (Å²) in [7, 11) is 0. The molecule has 0 spiro atoms. The molecule has 0 aliphatic rings. The molecule has 2 rings (SSSR count). The second-order valence-corrected chi connectivity index (χ2v) is 9.45. The molecule has 0 fully saturated rings. The molecular weight excluding hydrogens is 410 g/mol. The minimum atomic E-state index is -0.150. The molecule has 180 valence electrons. The molecule has 0 saturated carbocycles. The van der Waals surface area contributed by atoms with E-state index in [1.54, 1.807) is 4.90 Å². The van der Waals surface area contributed by atoms with E-state index in [-0.39, 0.29) is 30.4 Å². The van der Waals surface area contributed by atoms with Crippen LogP contribution in [0, 0.1) is 0 Å². The summed E-state index contributed by atoms with van der Waals surface area (Å²) >= 11 is 0. The van der Waals surface area contributed by atoms with E-state index in [0.717, 1.165) is 28.8 Å². The highest BCUT2D eigenvalue weighted by Crippen LogP contribution is 2.32.